The average Bonchev–Trinajstić information content (AvgIpc) is 2.49. The number of piperidine rings is 1. The Labute approximate surface area is 140 Å². The molecule has 1 heterocycles. The minimum absolute atomic E-state index is 0.0734. The van der Waals surface area contributed by atoms with Crippen molar-refractivity contribution < 1.29 is 4.79 Å². The summed E-state index contributed by atoms with van der Waals surface area (Å²) in [6, 6.07) is 8.11. The molecule has 1 saturated carbocycles. The van der Waals surface area contributed by atoms with E-state index >= 15 is 0 Å². The van der Waals surface area contributed by atoms with Crippen molar-refractivity contribution >= 4 is 28.5 Å². The minimum Gasteiger partial charge on any atom is -0.349 e. The maximum Gasteiger partial charge on any atom is 0.251 e. The van der Waals surface area contributed by atoms with E-state index in [2.05, 4.69) is 33.2 Å². The van der Waals surface area contributed by atoms with Crippen LogP contribution in [0.5, 0.6) is 0 Å². The summed E-state index contributed by atoms with van der Waals surface area (Å²) in [4.78, 5) is 12.4. The summed E-state index contributed by atoms with van der Waals surface area (Å²) in [5.74, 6) is 0.0734. The highest BCUT2D eigenvalue weighted by Crippen LogP contribution is 2.34. The van der Waals surface area contributed by atoms with E-state index in [1.54, 1.807) is 0 Å². The predicted molar refractivity (Wildman–Crippen MR) is 93.5 cm³/mol. The highest BCUT2D eigenvalue weighted by Gasteiger charge is 2.37. The molecule has 2 aliphatic rings. The van der Waals surface area contributed by atoms with Gasteiger partial charge in [-0.3, -0.25) is 4.79 Å². The molecule has 3 rings (SSSR count). The Hall–Kier alpha value is -0.620. The number of hydrogen-bond acceptors (Lipinski definition) is 2. The summed E-state index contributed by atoms with van der Waals surface area (Å²) in [6.45, 7) is 1.03. The Balaban J connectivity index is 1.61. The topological polar surface area (TPSA) is 41.1 Å². The third kappa shape index (κ3) is 3.77. The lowest BCUT2D eigenvalue weighted by Crippen LogP contribution is -2.57. The molecule has 0 radical (unpaired) electrons. The van der Waals surface area contributed by atoms with Crippen LogP contribution in [0.4, 0.5) is 0 Å². The van der Waals surface area contributed by atoms with Gasteiger partial charge in [0.05, 0.1) is 0 Å². The molecular weight excluding hydrogens is 375 g/mol. The number of hydrogen-bond donors (Lipinski definition) is 2. The summed E-state index contributed by atoms with van der Waals surface area (Å²) < 4.78 is 1.16. The van der Waals surface area contributed by atoms with Crippen molar-refractivity contribution in [2.45, 2.75) is 56.5 Å². The largest absolute Gasteiger partial charge is 0.349 e. The van der Waals surface area contributed by atoms with E-state index in [-0.39, 0.29) is 5.91 Å². The van der Waals surface area contributed by atoms with Gasteiger partial charge < -0.3 is 10.6 Å². The van der Waals surface area contributed by atoms with Crippen molar-refractivity contribution in [3.05, 3.63) is 33.4 Å². The van der Waals surface area contributed by atoms with E-state index in [1.807, 2.05) is 24.3 Å². The van der Waals surface area contributed by atoms with Crippen molar-refractivity contribution in [2.75, 3.05) is 6.54 Å². The van der Waals surface area contributed by atoms with Crippen LogP contribution in [-0.2, 0) is 0 Å². The number of halogens is 1. The number of benzene rings is 1. The zero-order valence-corrected chi connectivity index (χ0v) is 14.5. The molecule has 1 aliphatic heterocycles. The fourth-order valence-electron chi connectivity index (χ4n) is 3.76. The number of rotatable bonds is 2. The lowest BCUT2D eigenvalue weighted by atomic mass is 9.75. The molecular formula is C17H23IN2O. The lowest BCUT2D eigenvalue weighted by molar-refractivity contribution is 0.0892. The van der Waals surface area contributed by atoms with Crippen LogP contribution in [0.15, 0.2) is 24.3 Å². The quantitative estimate of drug-likeness (QED) is 0.750. The molecule has 1 amide bonds. The predicted octanol–water partition coefficient (Wildman–Crippen LogP) is 3.48. The second-order valence-corrected chi connectivity index (χ2v) is 7.68. The molecule has 1 spiro atoms. The van der Waals surface area contributed by atoms with Gasteiger partial charge in [0.25, 0.3) is 5.91 Å². The van der Waals surface area contributed by atoms with Crippen LogP contribution in [0.1, 0.15) is 55.3 Å². The molecule has 1 aromatic carbocycles. The zero-order valence-electron chi connectivity index (χ0n) is 12.3. The molecule has 2 fully saturated rings. The van der Waals surface area contributed by atoms with Crippen molar-refractivity contribution in [1.82, 2.24) is 10.6 Å². The van der Waals surface area contributed by atoms with Crippen molar-refractivity contribution in [3.63, 3.8) is 0 Å². The highest BCUT2D eigenvalue weighted by molar-refractivity contribution is 14.1. The van der Waals surface area contributed by atoms with Gasteiger partial charge in [-0.1, -0.05) is 19.3 Å². The number of nitrogens with one attached hydrogen (secondary N) is 2. The maximum atomic E-state index is 12.4. The monoisotopic (exact) mass is 398 g/mol. The van der Waals surface area contributed by atoms with Gasteiger partial charge in [0.1, 0.15) is 0 Å². The molecule has 0 bridgehead atoms. The first kappa shape index (κ1) is 15.3. The molecule has 21 heavy (non-hydrogen) atoms. The normalized spacial score (nSPS) is 24.7. The molecule has 4 heteroatoms. The van der Waals surface area contributed by atoms with Gasteiger partial charge in [-0.25, -0.2) is 0 Å². The molecule has 1 unspecified atom stereocenters. The first-order valence-electron chi connectivity index (χ1n) is 7.98. The Kier molecular flexibility index (Phi) is 4.84. The molecule has 1 aromatic rings. The van der Waals surface area contributed by atoms with E-state index < -0.39 is 0 Å². The Bertz CT molecular complexity index is 489. The molecule has 114 valence electrons. The van der Waals surface area contributed by atoms with E-state index in [0.29, 0.717) is 11.6 Å². The summed E-state index contributed by atoms with van der Waals surface area (Å²) in [5.41, 5.74) is 1.06. The molecule has 1 atom stereocenters. The summed E-state index contributed by atoms with van der Waals surface area (Å²) in [7, 11) is 0. The molecule has 1 aliphatic carbocycles. The van der Waals surface area contributed by atoms with E-state index in [1.165, 1.54) is 32.1 Å². The number of carbonyl (C=O) groups excluding carboxylic acids is 1. The maximum absolute atomic E-state index is 12.4. The van der Waals surface area contributed by atoms with Gasteiger partial charge in [-0.05, 0) is 79.1 Å². The minimum atomic E-state index is 0.0734. The first-order chi connectivity index (χ1) is 10.2. The Morgan fingerprint density at radius 3 is 2.62 bits per heavy atom. The van der Waals surface area contributed by atoms with Crippen LogP contribution in [0.3, 0.4) is 0 Å². The van der Waals surface area contributed by atoms with Gasteiger partial charge >= 0.3 is 0 Å². The highest BCUT2D eigenvalue weighted by atomic mass is 127. The molecule has 0 aromatic heterocycles. The molecule has 1 saturated heterocycles. The Morgan fingerprint density at radius 2 is 1.90 bits per heavy atom. The molecule has 2 N–H and O–H groups in total. The van der Waals surface area contributed by atoms with Crippen LogP contribution in [0.25, 0.3) is 0 Å². The van der Waals surface area contributed by atoms with Gasteiger partial charge in [-0.15, -0.1) is 0 Å². The fraction of sp³-hybridized carbons (Fsp3) is 0.588. The van der Waals surface area contributed by atoms with Crippen LogP contribution < -0.4 is 10.6 Å². The van der Waals surface area contributed by atoms with Crippen molar-refractivity contribution in [2.24, 2.45) is 0 Å². The number of carbonyl (C=O) groups is 1. The van der Waals surface area contributed by atoms with Gasteiger partial charge in [0.2, 0.25) is 0 Å². The SMILES string of the molecule is O=C(NC1CCNC2(CCCCC2)C1)c1ccc(I)cc1. The van der Waals surface area contributed by atoms with E-state index in [4.69, 9.17) is 0 Å². The Morgan fingerprint density at radius 1 is 1.19 bits per heavy atom. The van der Waals surface area contributed by atoms with Crippen LogP contribution >= 0.6 is 22.6 Å². The first-order valence-corrected chi connectivity index (χ1v) is 9.06. The van der Waals surface area contributed by atoms with E-state index in [9.17, 15) is 4.79 Å². The average molecular weight is 398 g/mol. The van der Waals surface area contributed by atoms with Crippen molar-refractivity contribution in [3.8, 4) is 0 Å². The van der Waals surface area contributed by atoms with Crippen LogP contribution in [0.2, 0.25) is 0 Å². The van der Waals surface area contributed by atoms with Crippen LogP contribution in [-0.4, -0.2) is 24.0 Å². The summed E-state index contributed by atoms with van der Waals surface area (Å²) >= 11 is 2.26. The molecule has 3 nitrogen and oxygen atoms in total. The third-order valence-electron chi connectivity index (χ3n) is 4.88. The second kappa shape index (κ2) is 6.65. The smallest absolute Gasteiger partial charge is 0.251 e. The third-order valence-corrected chi connectivity index (χ3v) is 5.60. The van der Waals surface area contributed by atoms with Gasteiger partial charge in [0.15, 0.2) is 0 Å². The summed E-state index contributed by atoms with van der Waals surface area (Å²) in [5, 5.41) is 6.98. The summed E-state index contributed by atoms with van der Waals surface area (Å²) in [6.07, 6.45) is 8.67. The lowest BCUT2D eigenvalue weighted by Gasteiger charge is -2.44. The zero-order chi connectivity index (χ0) is 14.7. The second-order valence-electron chi connectivity index (χ2n) is 6.44. The van der Waals surface area contributed by atoms with Gasteiger partial charge in [-0.2, -0.15) is 0 Å². The number of amides is 1. The fourth-order valence-corrected chi connectivity index (χ4v) is 4.12. The van der Waals surface area contributed by atoms with E-state index in [0.717, 1.165) is 28.5 Å². The van der Waals surface area contributed by atoms with Crippen molar-refractivity contribution in [1.29, 1.82) is 0 Å². The van der Waals surface area contributed by atoms with Crippen LogP contribution in [0, 0.1) is 3.57 Å². The standard InChI is InChI=1S/C17H23IN2O/c18-14-6-4-13(5-7-14)16(21)20-15-8-11-19-17(12-15)9-2-1-3-10-17/h4-7,15,19H,1-3,8-12H2,(H,20,21). The van der Waals surface area contributed by atoms with Gasteiger partial charge in [0, 0.05) is 20.7 Å².